The van der Waals surface area contributed by atoms with Gasteiger partial charge >= 0.3 is 11.9 Å². The Hall–Kier alpha value is -1.10. The van der Waals surface area contributed by atoms with Crippen molar-refractivity contribution in [2.45, 2.75) is 39.3 Å². The molecule has 15 heavy (non-hydrogen) atoms. The van der Waals surface area contributed by atoms with Crippen LogP contribution in [0.3, 0.4) is 0 Å². The van der Waals surface area contributed by atoms with Gasteiger partial charge in [0.25, 0.3) is 0 Å². The lowest BCUT2D eigenvalue weighted by molar-refractivity contribution is -0.158. The molecule has 0 aromatic rings. The Morgan fingerprint density at radius 1 is 1.40 bits per heavy atom. The Kier molecular flexibility index (Phi) is 5.93. The minimum absolute atomic E-state index is 0.245. The van der Waals surface area contributed by atoms with Crippen molar-refractivity contribution >= 4 is 11.9 Å². The molecule has 0 fully saturated rings. The van der Waals surface area contributed by atoms with E-state index in [1.165, 1.54) is 7.05 Å². The summed E-state index contributed by atoms with van der Waals surface area (Å²) in [6.07, 6.45) is -0.154. The summed E-state index contributed by atoms with van der Waals surface area (Å²) in [5, 5.41) is 11.5. The summed E-state index contributed by atoms with van der Waals surface area (Å²) in [5.41, 5.74) is 0. The van der Waals surface area contributed by atoms with E-state index >= 15 is 0 Å². The Morgan fingerprint density at radius 2 is 1.93 bits per heavy atom. The van der Waals surface area contributed by atoms with Crippen molar-refractivity contribution in [3.05, 3.63) is 0 Å². The molecule has 2 N–H and O–H groups in total. The van der Waals surface area contributed by atoms with Crippen LogP contribution in [0.4, 0.5) is 0 Å². The summed E-state index contributed by atoms with van der Waals surface area (Å²) in [5.74, 6) is -1.63. The van der Waals surface area contributed by atoms with Crippen LogP contribution < -0.4 is 5.32 Å². The SMILES string of the molecule is CCC(OC(=O)C(C)C)C(NC)C(=O)O. The van der Waals surface area contributed by atoms with Crippen LogP contribution in [0.25, 0.3) is 0 Å². The number of ether oxygens (including phenoxy) is 1. The molecular weight excluding hydrogens is 198 g/mol. The van der Waals surface area contributed by atoms with Gasteiger partial charge in [-0.1, -0.05) is 20.8 Å². The zero-order chi connectivity index (χ0) is 12.0. The summed E-state index contributed by atoms with van der Waals surface area (Å²) >= 11 is 0. The molecule has 0 aromatic carbocycles. The minimum atomic E-state index is -1.01. The largest absolute Gasteiger partial charge is 0.480 e. The van der Waals surface area contributed by atoms with Crippen LogP contribution in [0, 0.1) is 5.92 Å². The van der Waals surface area contributed by atoms with Crippen LogP contribution in [-0.2, 0) is 14.3 Å². The van der Waals surface area contributed by atoms with E-state index in [0.717, 1.165) is 0 Å². The molecule has 0 aliphatic heterocycles. The summed E-state index contributed by atoms with van der Waals surface area (Å²) in [7, 11) is 1.53. The second-order valence-electron chi connectivity index (χ2n) is 3.64. The molecule has 0 bridgehead atoms. The maximum absolute atomic E-state index is 11.3. The fourth-order valence-electron chi connectivity index (χ4n) is 1.14. The summed E-state index contributed by atoms with van der Waals surface area (Å²) in [6.45, 7) is 5.21. The Labute approximate surface area is 89.8 Å². The van der Waals surface area contributed by atoms with E-state index in [1.54, 1.807) is 20.8 Å². The highest BCUT2D eigenvalue weighted by atomic mass is 16.5. The lowest BCUT2D eigenvalue weighted by atomic mass is 10.1. The van der Waals surface area contributed by atoms with E-state index in [4.69, 9.17) is 9.84 Å². The zero-order valence-electron chi connectivity index (χ0n) is 9.61. The molecule has 2 unspecified atom stereocenters. The number of hydrogen-bond donors (Lipinski definition) is 2. The van der Waals surface area contributed by atoms with Gasteiger partial charge in [0, 0.05) is 0 Å². The number of esters is 1. The number of carboxylic acids is 1. The van der Waals surface area contributed by atoms with Crippen molar-refractivity contribution in [3.8, 4) is 0 Å². The number of hydrogen-bond acceptors (Lipinski definition) is 4. The van der Waals surface area contributed by atoms with Crippen LogP contribution in [-0.4, -0.2) is 36.2 Å². The van der Waals surface area contributed by atoms with Gasteiger partial charge in [-0.25, -0.2) is 0 Å². The lowest BCUT2D eigenvalue weighted by Crippen LogP contribution is -2.46. The number of carboxylic acid groups (broad SMARTS) is 1. The summed E-state index contributed by atoms with van der Waals surface area (Å²) < 4.78 is 5.09. The molecule has 5 nitrogen and oxygen atoms in total. The van der Waals surface area contributed by atoms with Gasteiger partial charge in [-0.15, -0.1) is 0 Å². The number of rotatable bonds is 6. The van der Waals surface area contributed by atoms with Crippen molar-refractivity contribution in [2.24, 2.45) is 5.92 Å². The van der Waals surface area contributed by atoms with Crippen LogP contribution in [0.5, 0.6) is 0 Å². The van der Waals surface area contributed by atoms with Gasteiger partial charge in [0.15, 0.2) is 0 Å². The van der Waals surface area contributed by atoms with E-state index in [0.29, 0.717) is 6.42 Å². The molecule has 0 rings (SSSR count). The second kappa shape index (κ2) is 6.40. The Bertz CT molecular complexity index is 227. The van der Waals surface area contributed by atoms with Crippen LogP contribution in [0.1, 0.15) is 27.2 Å². The molecule has 0 saturated heterocycles. The normalized spacial score (nSPS) is 14.7. The Balaban J connectivity index is 4.47. The molecule has 0 aliphatic carbocycles. The first-order valence-electron chi connectivity index (χ1n) is 5.04. The zero-order valence-corrected chi connectivity index (χ0v) is 9.61. The first-order chi connectivity index (χ1) is 6.93. The fraction of sp³-hybridized carbons (Fsp3) is 0.800. The van der Waals surface area contributed by atoms with Gasteiger partial charge in [0.1, 0.15) is 12.1 Å². The highest BCUT2D eigenvalue weighted by molar-refractivity contribution is 5.76. The molecule has 0 amide bonds. The van der Waals surface area contributed by atoms with Gasteiger partial charge < -0.3 is 15.2 Å². The molecule has 5 heteroatoms. The maximum Gasteiger partial charge on any atom is 0.324 e. The molecule has 2 atom stereocenters. The van der Waals surface area contributed by atoms with Gasteiger partial charge in [0.05, 0.1) is 5.92 Å². The summed E-state index contributed by atoms with van der Waals surface area (Å²) in [6, 6.07) is -0.849. The molecular formula is C10H19NO4. The third-order valence-electron chi connectivity index (χ3n) is 2.09. The average Bonchev–Trinajstić information content (AvgIpc) is 2.16. The van der Waals surface area contributed by atoms with Gasteiger partial charge in [-0.2, -0.15) is 0 Å². The van der Waals surface area contributed by atoms with E-state index in [1.807, 2.05) is 0 Å². The minimum Gasteiger partial charge on any atom is -0.480 e. The first kappa shape index (κ1) is 13.9. The first-order valence-corrected chi connectivity index (χ1v) is 5.04. The quantitative estimate of drug-likeness (QED) is 0.638. The standard InChI is InChI=1S/C10H19NO4/c1-5-7(8(11-4)9(12)13)15-10(14)6(2)3/h6-8,11H,5H2,1-4H3,(H,12,13). The van der Waals surface area contributed by atoms with Crippen molar-refractivity contribution in [1.82, 2.24) is 5.32 Å². The highest BCUT2D eigenvalue weighted by Gasteiger charge is 2.29. The highest BCUT2D eigenvalue weighted by Crippen LogP contribution is 2.08. The smallest absolute Gasteiger partial charge is 0.324 e. The van der Waals surface area contributed by atoms with Gasteiger partial charge in [0.2, 0.25) is 0 Å². The molecule has 0 radical (unpaired) electrons. The van der Waals surface area contributed by atoms with E-state index in [2.05, 4.69) is 5.32 Å². The van der Waals surface area contributed by atoms with Crippen LogP contribution in [0.15, 0.2) is 0 Å². The second-order valence-corrected chi connectivity index (χ2v) is 3.64. The molecule has 0 saturated carbocycles. The van der Waals surface area contributed by atoms with Gasteiger partial charge in [-0.3, -0.25) is 9.59 Å². The molecule has 0 aliphatic rings. The van der Waals surface area contributed by atoms with Crippen molar-refractivity contribution < 1.29 is 19.4 Å². The van der Waals surface area contributed by atoms with E-state index in [-0.39, 0.29) is 11.9 Å². The molecule has 0 spiro atoms. The van der Waals surface area contributed by atoms with E-state index in [9.17, 15) is 9.59 Å². The van der Waals surface area contributed by atoms with Gasteiger partial charge in [-0.05, 0) is 13.5 Å². The maximum atomic E-state index is 11.3. The number of nitrogens with one attached hydrogen (secondary N) is 1. The number of aliphatic carboxylic acids is 1. The number of carbonyl (C=O) groups is 2. The fourth-order valence-corrected chi connectivity index (χ4v) is 1.14. The summed E-state index contributed by atoms with van der Waals surface area (Å²) in [4.78, 5) is 22.1. The average molecular weight is 217 g/mol. The van der Waals surface area contributed by atoms with Crippen molar-refractivity contribution in [1.29, 1.82) is 0 Å². The third-order valence-corrected chi connectivity index (χ3v) is 2.09. The lowest BCUT2D eigenvalue weighted by Gasteiger charge is -2.23. The molecule has 0 aromatic heterocycles. The monoisotopic (exact) mass is 217 g/mol. The topological polar surface area (TPSA) is 75.6 Å². The van der Waals surface area contributed by atoms with Crippen LogP contribution in [0.2, 0.25) is 0 Å². The predicted octanol–water partition coefficient (Wildman–Crippen LogP) is 0.637. The third kappa shape index (κ3) is 4.29. The molecule has 88 valence electrons. The molecule has 0 heterocycles. The van der Waals surface area contributed by atoms with Crippen LogP contribution >= 0.6 is 0 Å². The number of carbonyl (C=O) groups excluding carboxylic acids is 1. The van der Waals surface area contributed by atoms with Crippen molar-refractivity contribution in [3.63, 3.8) is 0 Å². The Morgan fingerprint density at radius 3 is 2.20 bits per heavy atom. The number of likely N-dealkylation sites (N-methyl/N-ethyl adjacent to an activating group) is 1. The predicted molar refractivity (Wildman–Crippen MR) is 55.5 cm³/mol. The van der Waals surface area contributed by atoms with E-state index < -0.39 is 18.1 Å². The van der Waals surface area contributed by atoms with Crippen molar-refractivity contribution in [2.75, 3.05) is 7.05 Å².